The maximum atomic E-state index is 12.3. The summed E-state index contributed by atoms with van der Waals surface area (Å²) < 4.78 is 199. The largest absolute Gasteiger partial charge is 0.467 e. The minimum atomic E-state index is -7.62. The third kappa shape index (κ3) is 7.08. The highest BCUT2D eigenvalue weighted by Crippen LogP contribution is 2.47. The number of halogens is 13. The third-order valence-electron chi connectivity index (χ3n) is 2.69. The molecule has 22 heteroatoms. The Balaban J connectivity index is 0.000000726. The van der Waals surface area contributed by atoms with E-state index in [0.29, 0.717) is 4.13 Å². The maximum absolute atomic E-state index is 12.3. The summed E-state index contributed by atoms with van der Waals surface area (Å²) in [6.07, 6.45) is -13.8. The summed E-state index contributed by atoms with van der Waals surface area (Å²) in [7, 11) is -13.6. The van der Waals surface area contributed by atoms with Crippen molar-refractivity contribution in [3.05, 3.63) is 22.8 Å². The van der Waals surface area contributed by atoms with Gasteiger partial charge in [-0.2, -0.15) is 57.1 Å². The Kier molecular flexibility index (Phi) is 8.33. The molecule has 0 unspecified atom stereocenters. The van der Waals surface area contributed by atoms with Crippen LogP contribution in [0, 0.1) is 0 Å². The van der Waals surface area contributed by atoms with Gasteiger partial charge >= 0.3 is 29.0 Å². The molecule has 0 aromatic carbocycles. The lowest BCUT2D eigenvalue weighted by molar-refractivity contribution is -0.671. The highest BCUT2D eigenvalue weighted by Gasteiger charge is 2.68. The molecule has 1 aromatic heterocycles. The van der Waals surface area contributed by atoms with Crippen molar-refractivity contribution >= 4 is 20.0 Å². The van der Waals surface area contributed by atoms with Gasteiger partial charge in [0.15, 0.2) is 26.6 Å². The van der Waals surface area contributed by atoms with Crippen molar-refractivity contribution in [3.63, 3.8) is 0 Å². The first-order chi connectivity index (χ1) is 13.7. The van der Waals surface area contributed by atoms with Crippen molar-refractivity contribution < 1.29 is 78.5 Å². The van der Waals surface area contributed by atoms with Crippen molar-refractivity contribution in [1.29, 1.82) is 0 Å². The average molecular weight is 545 g/mol. The molecule has 190 valence electrons. The number of hydrogen-bond donors (Lipinski definition) is 0. The van der Waals surface area contributed by atoms with Gasteiger partial charge in [0, 0.05) is 0 Å². The van der Waals surface area contributed by atoms with Crippen molar-refractivity contribution in [3.8, 4) is 0 Å². The van der Waals surface area contributed by atoms with Gasteiger partial charge in [-0.15, -0.1) is 0 Å². The molecular formula is C10H8F13N3O4S2. The molecule has 0 aliphatic carbocycles. The summed E-state index contributed by atoms with van der Waals surface area (Å²) in [5, 5.41) is -14.0. The fourth-order valence-corrected chi connectivity index (χ4v) is 3.68. The van der Waals surface area contributed by atoms with Gasteiger partial charge in [0.25, 0.3) is 0 Å². The molecule has 7 nitrogen and oxygen atoms in total. The van der Waals surface area contributed by atoms with Crippen molar-refractivity contribution in [2.24, 2.45) is 7.05 Å². The number of imidazole rings is 1. The molecule has 0 radical (unpaired) electrons. The lowest BCUT2D eigenvalue weighted by Gasteiger charge is -2.31. The number of rotatable bonds is 5. The molecule has 0 atom stereocenters. The summed E-state index contributed by atoms with van der Waals surface area (Å²) in [5.74, 6) is 0. The highest BCUT2D eigenvalue weighted by atomic mass is 32.3. The van der Waals surface area contributed by atoms with Crippen LogP contribution in [0.25, 0.3) is 4.13 Å². The van der Waals surface area contributed by atoms with E-state index >= 15 is 0 Å². The van der Waals surface area contributed by atoms with E-state index in [-0.39, 0.29) is 0 Å². The quantitative estimate of drug-likeness (QED) is 0.420. The second-order valence-corrected chi connectivity index (χ2v) is 8.94. The Morgan fingerprint density at radius 3 is 1.31 bits per heavy atom. The normalized spacial score (nSPS) is 14.7. The zero-order valence-electron chi connectivity index (χ0n) is 14.6. The first-order valence-electron chi connectivity index (χ1n) is 6.88. The van der Waals surface area contributed by atoms with E-state index in [9.17, 15) is 73.9 Å². The zero-order valence-corrected chi connectivity index (χ0v) is 16.3. The van der Waals surface area contributed by atoms with Gasteiger partial charge in [0.2, 0.25) is 6.33 Å². The zero-order chi connectivity index (χ0) is 26.2. The van der Waals surface area contributed by atoms with Gasteiger partial charge in [-0.3, -0.25) is 0 Å². The number of hydrogen-bond acceptors (Lipinski definition) is 4. The molecule has 0 N–H and O–H groups in total. The Hall–Kier alpha value is -1.84. The van der Waals surface area contributed by atoms with Crippen LogP contribution in [0.15, 0.2) is 18.7 Å². The smallest absolute Gasteiger partial charge is 0.425 e. The van der Waals surface area contributed by atoms with Gasteiger partial charge in [-0.1, -0.05) is 0 Å². The fourth-order valence-electron chi connectivity index (χ4n) is 1.32. The monoisotopic (exact) mass is 545 g/mol. The molecule has 32 heavy (non-hydrogen) atoms. The lowest BCUT2D eigenvalue weighted by atomic mass is 10.6. The maximum Gasteiger partial charge on any atom is 0.467 e. The average Bonchev–Trinajstić information content (AvgIpc) is 2.87. The predicted molar refractivity (Wildman–Crippen MR) is 74.9 cm³/mol. The first kappa shape index (κ1) is 30.2. The second kappa shape index (κ2) is 8.83. The second-order valence-electron chi connectivity index (χ2n) is 5.42. The summed E-state index contributed by atoms with van der Waals surface area (Å²) in [4.78, 5) is 0. The topological polar surface area (TPSA) is 91.2 Å². The van der Waals surface area contributed by atoms with Crippen LogP contribution in [-0.2, 0) is 33.6 Å². The van der Waals surface area contributed by atoms with E-state index in [2.05, 4.69) is 0 Å². The van der Waals surface area contributed by atoms with Crippen LogP contribution < -0.4 is 4.57 Å². The Labute approximate surface area is 169 Å². The Bertz CT molecular complexity index is 936. The Morgan fingerprint density at radius 2 is 1.09 bits per heavy atom. The number of alkyl halides is 13. The van der Waals surface area contributed by atoms with Crippen LogP contribution in [0.5, 0.6) is 0 Å². The molecule has 0 fully saturated rings. The number of aromatic nitrogens is 2. The summed E-state index contributed by atoms with van der Waals surface area (Å²) in [5.41, 5.74) is 0. The molecule has 0 bridgehead atoms. The molecule has 0 saturated heterocycles. The molecular weight excluding hydrogens is 537 g/mol. The molecule has 0 saturated carbocycles. The van der Waals surface area contributed by atoms with Gasteiger partial charge in [-0.05, 0) is 0 Å². The highest BCUT2D eigenvalue weighted by molar-refractivity contribution is 8.13. The summed E-state index contributed by atoms with van der Waals surface area (Å²) in [6, 6.07) is 0. The standard InChI is InChI=1S/C6H8F3N2.C4F10NO4S2/c1-10-2-3-11(5-10)4-6(7,8)9;5-1(6,7)3(11,12)20(16,17)15-21(18,19)4(13,14)2(8,9)10/h2-3,5H,4H2,1H3;/q+1;-1. The minimum absolute atomic E-state index is 0.422. The fraction of sp³-hybridized carbons (Fsp3) is 0.700. The van der Waals surface area contributed by atoms with Crippen molar-refractivity contribution in [2.45, 2.75) is 35.6 Å². The number of nitrogens with zero attached hydrogens (tertiary/aromatic N) is 3. The minimum Gasteiger partial charge on any atom is -0.425 e. The van der Waals surface area contributed by atoms with Gasteiger partial charge in [0.05, 0.1) is 7.05 Å². The van der Waals surface area contributed by atoms with Gasteiger partial charge in [0.1, 0.15) is 12.4 Å². The molecule has 0 spiro atoms. The van der Waals surface area contributed by atoms with Crippen LogP contribution >= 0.6 is 0 Å². The SMILES string of the molecule is C[n+]1ccn(CC(F)(F)F)c1.O=S(=O)([N-]S(=O)(=O)C(F)(F)C(F)(F)F)C(F)(F)C(F)(F)F. The van der Waals surface area contributed by atoms with Gasteiger partial charge in [-0.25, -0.2) is 26.0 Å². The van der Waals surface area contributed by atoms with Crippen LogP contribution in [-0.4, -0.2) is 50.4 Å². The van der Waals surface area contributed by atoms with E-state index in [0.717, 1.165) is 4.57 Å². The molecule has 1 aromatic rings. The first-order valence-corrected chi connectivity index (χ1v) is 9.76. The van der Waals surface area contributed by atoms with E-state index in [1.807, 2.05) is 0 Å². The van der Waals surface area contributed by atoms with E-state index in [1.54, 1.807) is 17.8 Å². The number of aryl methyl sites for hydroxylation is 1. The molecule has 0 aliphatic rings. The van der Waals surface area contributed by atoms with Crippen LogP contribution in [0.2, 0.25) is 0 Å². The Morgan fingerprint density at radius 1 is 0.750 bits per heavy atom. The molecule has 0 aliphatic heterocycles. The van der Waals surface area contributed by atoms with Crippen molar-refractivity contribution in [2.75, 3.05) is 0 Å². The molecule has 1 heterocycles. The summed E-state index contributed by atoms with van der Waals surface area (Å²) >= 11 is 0. The van der Waals surface area contributed by atoms with E-state index in [1.165, 1.54) is 12.5 Å². The van der Waals surface area contributed by atoms with Crippen molar-refractivity contribution in [1.82, 2.24) is 4.57 Å². The van der Waals surface area contributed by atoms with E-state index < -0.39 is 55.6 Å². The van der Waals surface area contributed by atoms with Crippen LogP contribution in [0.3, 0.4) is 0 Å². The third-order valence-corrected chi connectivity index (χ3v) is 6.02. The molecule has 1 rings (SSSR count). The number of sulfonamides is 2. The molecule has 0 amide bonds. The summed E-state index contributed by atoms with van der Waals surface area (Å²) in [6.45, 7) is -0.923. The van der Waals surface area contributed by atoms with Crippen LogP contribution in [0.4, 0.5) is 57.1 Å². The predicted octanol–water partition coefficient (Wildman–Crippen LogP) is 3.20. The lowest BCUT2D eigenvalue weighted by Crippen LogP contribution is -2.48. The van der Waals surface area contributed by atoms with Gasteiger partial charge < -0.3 is 4.13 Å². The van der Waals surface area contributed by atoms with Crippen LogP contribution in [0.1, 0.15) is 0 Å². The van der Waals surface area contributed by atoms with E-state index in [4.69, 9.17) is 0 Å².